The number of halogens is 63. The van der Waals surface area contributed by atoms with E-state index in [0.29, 0.717) is 0 Å². The molecule has 0 aromatic heterocycles. The average Bonchev–Trinajstić information content (AvgIpc) is 0.703. The van der Waals surface area contributed by atoms with Crippen LogP contribution in [0.3, 0.4) is 0 Å². The standard InChI is InChI=1S/C48H28F63NSSi/c1-15(112-9-2-3-10-112)17-5-4-16(14-18(17)113)114(11-6-19(49,50)22(55,56)25(61,62)28(67,68)31(73,74)34(79,80)37(85,86)40(91,92)43(97,98)46(103,104)105,12-7-20(51,52)23(57,58)26(63,64)29(69,70)32(75,76)35(81,82)38(87,88)41(93,94)44(99,100)47(106,107)108)13-8-21(53,54)24(59,60)27(65,66)30(71,72)33(77,78)36(83,84)39(89,90)42(95,96)45(101,102)48(109,110)111/h4-5,14-15,113H,2-3,6-13H2,1H3/p-1/t15-/m1/s1. The molecule has 1 heterocycles. The third kappa shape index (κ3) is 14.1. The van der Waals surface area contributed by atoms with Gasteiger partial charge in [0.05, 0.1) is 8.07 Å². The van der Waals surface area contributed by atoms with Crippen molar-refractivity contribution in [3.8, 4) is 0 Å². The monoisotopic (exact) mass is 1870 g/mol. The molecule has 0 amide bonds. The Bertz CT molecular complexity index is 3220. The molecule has 1 aromatic rings. The molecule has 0 aliphatic carbocycles. The second-order valence-corrected chi connectivity index (χ2v) is 29.4. The van der Waals surface area contributed by atoms with Crippen molar-refractivity contribution >= 4 is 25.9 Å². The lowest BCUT2D eigenvalue weighted by Crippen LogP contribution is -2.77. The van der Waals surface area contributed by atoms with Crippen molar-refractivity contribution in [3.63, 3.8) is 0 Å². The van der Waals surface area contributed by atoms with Crippen LogP contribution in [-0.2, 0) is 12.6 Å². The third-order valence-electron chi connectivity index (χ3n) is 17.2. The number of nitrogens with zero attached hydrogens (tertiary/aromatic N) is 1. The molecule has 66 heteroatoms. The van der Waals surface area contributed by atoms with Gasteiger partial charge in [0, 0.05) is 25.3 Å². The molecule has 114 heavy (non-hydrogen) atoms. The van der Waals surface area contributed by atoms with Gasteiger partial charge in [-0.3, -0.25) is 4.90 Å². The van der Waals surface area contributed by atoms with E-state index in [1.165, 1.54) is 0 Å². The summed E-state index contributed by atoms with van der Waals surface area (Å²) in [5.74, 6) is -263. The van der Waals surface area contributed by atoms with E-state index in [2.05, 4.69) is 12.6 Å². The molecule has 0 radical (unpaired) electrons. The number of rotatable bonds is 36. The first-order valence-electron chi connectivity index (χ1n) is 27.7. The van der Waals surface area contributed by atoms with E-state index in [1.807, 2.05) is 0 Å². The molecule has 0 saturated carbocycles. The van der Waals surface area contributed by atoms with Crippen molar-refractivity contribution in [2.75, 3.05) is 13.1 Å². The van der Waals surface area contributed by atoms with E-state index in [0.717, 1.165) is 11.8 Å². The lowest BCUT2D eigenvalue weighted by Gasteiger charge is -2.45. The Morgan fingerprint density at radius 1 is 0.254 bits per heavy atom. The molecule has 676 valence electrons. The fourth-order valence-electron chi connectivity index (χ4n) is 9.77. The van der Waals surface area contributed by atoms with E-state index in [1.54, 1.807) is 0 Å². The van der Waals surface area contributed by atoms with Crippen LogP contribution in [0, 0.1) is 0 Å². The molecule has 0 N–H and O–H groups in total. The number of alkyl halides is 63. The first-order valence-corrected chi connectivity index (χ1v) is 30.8. The minimum Gasteiger partial charge on any atom is -0.779 e. The van der Waals surface area contributed by atoms with Gasteiger partial charge in [-0.1, -0.05) is 28.9 Å². The Kier molecular flexibility index (Phi) is 26.2. The van der Waals surface area contributed by atoms with Gasteiger partial charge in [0.15, 0.2) is 0 Å². The molecule has 2 rings (SSSR count). The van der Waals surface area contributed by atoms with Crippen molar-refractivity contribution in [3.05, 3.63) is 23.8 Å². The topological polar surface area (TPSA) is 3.24 Å². The lowest BCUT2D eigenvalue weighted by atomic mass is 9.86. The lowest BCUT2D eigenvalue weighted by molar-refractivity contribution is -0.474. The van der Waals surface area contributed by atoms with Gasteiger partial charge >= 0.3 is 178 Å². The van der Waals surface area contributed by atoms with Crippen LogP contribution in [0.1, 0.15) is 50.6 Å². The van der Waals surface area contributed by atoms with E-state index >= 15 is 79.0 Å². The summed E-state index contributed by atoms with van der Waals surface area (Å²) in [4.78, 5) is -0.697. The minimum absolute atomic E-state index is 0.0429. The molecule has 0 spiro atoms. The van der Waals surface area contributed by atoms with Crippen LogP contribution >= 0.6 is 0 Å². The zero-order chi connectivity index (χ0) is 92.6. The summed E-state index contributed by atoms with van der Waals surface area (Å²) >= 11 is 4.65. The average molecular weight is 1870 g/mol. The maximum absolute atomic E-state index is 15.9. The molecule has 1 aliphatic heterocycles. The van der Waals surface area contributed by atoms with E-state index < -0.39 is 258 Å². The molecular weight excluding hydrogens is 1850 g/mol. The molecular formula is C48H27F63NSSi-. The van der Waals surface area contributed by atoms with Crippen LogP contribution in [-0.4, -0.2) is 205 Å². The Morgan fingerprint density at radius 3 is 0.570 bits per heavy atom. The molecule has 1 saturated heterocycles. The maximum Gasteiger partial charge on any atom is 0.460 e. The summed E-state index contributed by atoms with van der Waals surface area (Å²) in [6, 6.07) is -15.9. The smallest absolute Gasteiger partial charge is 0.460 e. The molecule has 1 atom stereocenters. The van der Waals surface area contributed by atoms with E-state index in [9.17, 15) is 198 Å². The van der Waals surface area contributed by atoms with Gasteiger partial charge in [0.1, 0.15) is 0 Å². The molecule has 0 bridgehead atoms. The molecule has 1 aliphatic rings. The van der Waals surface area contributed by atoms with Gasteiger partial charge in [0.25, 0.3) is 0 Å². The quantitative estimate of drug-likeness (QED) is 0.0374. The molecule has 1 fully saturated rings. The molecule has 1 nitrogen and oxygen atoms in total. The SMILES string of the molecule is C[C@H](c1ccc([Si](CCC(F)(F)C(F)(F)C(F)(F)C(F)(F)C(F)(F)C(F)(F)C(F)(F)C(F)(F)C(F)(F)C(F)(F)F)(CCC(F)(F)C(F)(F)C(F)(F)C(F)(F)C(F)(F)C(F)(F)C(F)(F)C(F)(F)C(F)(F)C(F)(F)F)CCC(F)(F)C(F)(F)C(F)(F)C(F)(F)C(F)(F)C(F)(F)C(F)(F)C(F)(F)C(F)(F)C(F)(F)F)cc1[S-])N1CCCC1. The highest BCUT2D eigenvalue weighted by molar-refractivity contribution is 7.58. The van der Waals surface area contributed by atoms with E-state index in [-0.39, 0.29) is 32.0 Å². The summed E-state index contributed by atoms with van der Waals surface area (Å²) in [5, 5.41) is -2.66. The van der Waals surface area contributed by atoms with Gasteiger partial charge in [-0.05, 0) is 51.0 Å². The van der Waals surface area contributed by atoms with Gasteiger partial charge < -0.3 is 12.6 Å². The van der Waals surface area contributed by atoms with Crippen LogP contribution in [0.15, 0.2) is 23.1 Å². The predicted molar refractivity (Wildman–Crippen MR) is 247 cm³/mol. The first kappa shape index (κ1) is 105. The van der Waals surface area contributed by atoms with Crippen molar-refractivity contribution < 1.29 is 277 Å². The summed E-state index contributed by atoms with van der Waals surface area (Å²) in [5.41, 5.74) is -0.982. The molecule has 0 unspecified atom stereocenters. The first-order chi connectivity index (χ1) is 48.8. The van der Waals surface area contributed by atoms with Crippen LogP contribution < -0.4 is 5.19 Å². The van der Waals surface area contributed by atoms with Gasteiger partial charge in [-0.2, -0.15) is 281 Å². The number of benzene rings is 1. The Labute approximate surface area is 590 Å². The van der Waals surface area contributed by atoms with Crippen molar-refractivity contribution in [2.24, 2.45) is 0 Å². The van der Waals surface area contributed by atoms with Gasteiger partial charge in [0.2, 0.25) is 0 Å². The highest BCUT2D eigenvalue weighted by Crippen LogP contribution is 2.72. The molecule has 1 aromatic carbocycles. The van der Waals surface area contributed by atoms with Crippen LogP contribution in [0.2, 0.25) is 18.1 Å². The van der Waals surface area contributed by atoms with Crippen LogP contribution in [0.25, 0.3) is 0 Å². The van der Waals surface area contributed by atoms with E-state index in [4.69, 9.17) is 0 Å². The summed E-state index contributed by atoms with van der Waals surface area (Å²) in [7, 11) is -8.27. The zero-order valence-corrected chi connectivity index (χ0v) is 53.9. The summed E-state index contributed by atoms with van der Waals surface area (Å²) in [6.45, 7) is 0.0671. The van der Waals surface area contributed by atoms with Crippen LogP contribution in [0.5, 0.6) is 0 Å². The maximum atomic E-state index is 15.9. The second-order valence-electron chi connectivity index (χ2n) is 24.3. The fraction of sp³-hybridized carbons (Fsp3) is 0.875. The Hall–Kier alpha value is -4.79. The zero-order valence-electron chi connectivity index (χ0n) is 52.0. The van der Waals surface area contributed by atoms with Gasteiger partial charge in [-0.25, -0.2) is 0 Å². The highest BCUT2D eigenvalue weighted by Gasteiger charge is 3.02. The summed E-state index contributed by atoms with van der Waals surface area (Å²) < 4.78 is 905. The van der Waals surface area contributed by atoms with Crippen LogP contribution in [0.4, 0.5) is 277 Å². The minimum atomic E-state index is -10.3. The number of hydrogen-bond acceptors (Lipinski definition) is 2. The largest absolute Gasteiger partial charge is 0.779 e. The summed E-state index contributed by atoms with van der Waals surface area (Å²) in [6.07, 6.45) is -40.9. The predicted octanol–water partition coefficient (Wildman–Crippen LogP) is 24.4. The number of likely N-dealkylation sites (tertiary alicyclic amines) is 1. The highest BCUT2D eigenvalue weighted by atomic mass is 32.1. The third-order valence-corrected chi connectivity index (χ3v) is 22.8. The fourth-order valence-corrected chi connectivity index (χ4v) is 15.1. The number of hydrogen-bond donors (Lipinski definition) is 0. The van der Waals surface area contributed by atoms with Crippen molar-refractivity contribution in [1.29, 1.82) is 0 Å². The van der Waals surface area contributed by atoms with Crippen molar-refractivity contribution in [2.45, 2.75) is 247 Å². The van der Waals surface area contributed by atoms with Crippen molar-refractivity contribution in [1.82, 2.24) is 4.90 Å². The van der Waals surface area contributed by atoms with Gasteiger partial charge in [-0.15, -0.1) is 0 Å². The Balaban J connectivity index is 3.50. The second kappa shape index (κ2) is 28.4. The Morgan fingerprint density at radius 2 is 0.412 bits per heavy atom. The normalized spacial score (nSPS) is 17.9.